The molecule has 2 rings (SSSR count). The van der Waals surface area contributed by atoms with Crippen molar-refractivity contribution in [2.45, 2.75) is 17.7 Å². The van der Waals surface area contributed by atoms with E-state index in [9.17, 15) is 13.2 Å². The van der Waals surface area contributed by atoms with Crippen molar-refractivity contribution in [3.63, 3.8) is 0 Å². The number of carbonyl (C=O) groups excluding carboxylic acids is 1. The summed E-state index contributed by atoms with van der Waals surface area (Å²) in [7, 11) is -3.53. The molecule has 118 valence electrons. The fourth-order valence-electron chi connectivity index (χ4n) is 2.40. The van der Waals surface area contributed by atoms with E-state index in [1.807, 2.05) is 0 Å². The van der Waals surface area contributed by atoms with Crippen LogP contribution in [0.4, 0.5) is 0 Å². The van der Waals surface area contributed by atoms with Crippen LogP contribution in [-0.2, 0) is 14.8 Å². The van der Waals surface area contributed by atoms with E-state index in [0.717, 1.165) is 0 Å². The number of terminal acetylenes is 1. The van der Waals surface area contributed by atoms with Crippen molar-refractivity contribution in [2.24, 2.45) is 5.92 Å². The Hall–Kier alpha value is -1.55. The van der Waals surface area contributed by atoms with Gasteiger partial charge < -0.3 is 5.32 Å². The predicted octanol–water partition coefficient (Wildman–Crippen LogP) is 1.49. The van der Waals surface area contributed by atoms with Crippen LogP contribution in [0.2, 0.25) is 5.02 Å². The van der Waals surface area contributed by atoms with E-state index in [1.165, 1.54) is 16.4 Å². The molecule has 1 aliphatic rings. The quantitative estimate of drug-likeness (QED) is 0.844. The van der Waals surface area contributed by atoms with Crippen molar-refractivity contribution >= 4 is 27.5 Å². The van der Waals surface area contributed by atoms with Crippen LogP contribution in [0.5, 0.6) is 0 Å². The Morgan fingerprint density at radius 3 is 2.45 bits per heavy atom. The lowest BCUT2D eigenvalue weighted by Gasteiger charge is -2.30. The first-order chi connectivity index (χ1) is 10.4. The van der Waals surface area contributed by atoms with Gasteiger partial charge in [-0.3, -0.25) is 4.79 Å². The molecule has 0 unspecified atom stereocenters. The molecule has 1 heterocycles. The zero-order chi connectivity index (χ0) is 16.2. The maximum absolute atomic E-state index is 12.5. The Bertz CT molecular complexity index is 672. The monoisotopic (exact) mass is 340 g/mol. The van der Waals surface area contributed by atoms with Gasteiger partial charge in [0.25, 0.3) is 0 Å². The first-order valence-corrected chi connectivity index (χ1v) is 8.74. The van der Waals surface area contributed by atoms with Crippen molar-refractivity contribution in [3.8, 4) is 12.3 Å². The highest BCUT2D eigenvalue weighted by Crippen LogP contribution is 2.24. The van der Waals surface area contributed by atoms with E-state index in [4.69, 9.17) is 18.0 Å². The van der Waals surface area contributed by atoms with Crippen LogP contribution in [0.1, 0.15) is 12.8 Å². The summed E-state index contributed by atoms with van der Waals surface area (Å²) in [6, 6.07) is 6.08. The minimum atomic E-state index is -3.53. The lowest BCUT2D eigenvalue weighted by Crippen LogP contribution is -2.43. The fraction of sp³-hybridized carbons (Fsp3) is 0.400. The van der Waals surface area contributed by atoms with Crippen molar-refractivity contribution in [1.29, 1.82) is 0 Å². The Kier molecular flexibility index (Phi) is 5.46. The highest BCUT2D eigenvalue weighted by atomic mass is 35.5. The van der Waals surface area contributed by atoms with Gasteiger partial charge in [-0.25, -0.2) is 8.42 Å². The molecule has 1 aliphatic heterocycles. The Morgan fingerprint density at radius 1 is 1.32 bits per heavy atom. The van der Waals surface area contributed by atoms with Gasteiger partial charge in [-0.15, -0.1) is 6.42 Å². The normalized spacial score (nSPS) is 16.9. The minimum absolute atomic E-state index is 0.110. The molecule has 1 amide bonds. The van der Waals surface area contributed by atoms with Crippen LogP contribution >= 0.6 is 11.6 Å². The number of benzene rings is 1. The maximum atomic E-state index is 12.5. The summed E-state index contributed by atoms with van der Waals surface area (Å²) in [6.45, 7) is 0.834. The highest BCUT2D eigenvalue weighted by molar-refractivity contribution is 7.89. The maximum Gasteiger partial charge on any atom is 0.243 e. The number of nitrogens with zero attached hydrogens (tertiary/aromatic N) is 1. The summed E-state index contributed by atoms with van der Waals surface area (Å²) in [5.74, 6) is 2.05. The van der Waals surface area contributed by atoms with Gasteiger partial charge >= 0.3 is 0 Å². The molecule has 0 aliphatic carbocycles. The van der Waals surface area contributed by atoms with Crippen LogP contribution in [0, 0.1) is 18.3 Å². The zero-order valence-electron chi connectivity index (χ0n) is 12.0. The lowest BCUT2D eigenvalue weighted by atomic mass is 9.97. The van der Waals surface area contributed by atoms with Gasteiger partial charge in [0.1, 0.15) is 0 Å². The zero-order valence-corrected chi connectivity index (χ0v) is 13.5. The number of hydrogen-bond donors (Lipinski definition) is 1. The second-order valence-electron chi connectivity index (χ2n) is 5.05. The third-order valence-corrected chi connectivity index (χ3v) is 5.81. The first-order valence-electron chi connectivity index (χ1n) is 6.92. The molecule has 1 aromatic rings. The van der Waals surface area contributed by atoms with E-state index < -0.39 is 10.0 Å². The van der Waals surface area contributed by atoms with Crippen molar-refractivity contribution in [3.05, 3.63) is 29.3 Å². The van der Waals surface area contributed by atoms with E-state index in [2.05, 4.69) is 11.2 Å². The molecule has 0 saturated carbocycles. The lowest BCUT2D eigenvalue weighted by molar-refractivity contribution is -0.125. The second-order valence-corrected chi connectivity index (χ2v) is 7.43. The van der Waals surface area contributed by atoms with E-state index in [0.29, 0.717) is 31.0 Å². The van der Waals surface area contributed by atoms with Crippen molar-refractivity contribution in [2.75, 3.05) is 19.6 Å². The molecule has 5 nitrogen and oxygen atoms in total. The smallest absolute Gasteiger partial charge is 0.243 e. The number of nitrogens with one attached hydrogen (secondary N) is 1. The average molecular weight is 341 g/mol. The number of hydrogen-bond acceptors (Lipinski definition) is 3. The third kappa shape index (κ3) is 3.80. The van der Waals surface area contributed by atoms with Gasteiger partial charge in [0.05, 0.1) is 11.4 Å². The summed E-state index contributed by atoms with van der Waals surface area (Å²) in [6.07, 6.45) is 6.08. The predicted molar refractivity (Wildman–Crippen MR) is 84.8 cm³/mol. The topological polar surface area (TPSA) is 66.5 Å². The summed E-state index contributed by atoms with van der Waals surface area (Å²) < 4.78 is 26.4. The van der Waals surface area contributed by atoms with Gasteiger partial charge in [0, 0.05) is 24.0 Å². The summed E-state index contributed by atoms with van der Waals surface area (Å²) in [5.41, 5.74) is 0. The van der Waals surface area contributed by atoms with Crippen LogP contribution in [0.25, 0.3) is 0 Å². The molecular weight excluding hydrogens is 324 g/mol. The highest BCUT2D eigenvalue weighted by Gasteiger charge is 2.31. The van der Waals surface area contributed by atoms with Crippen LogP contribution in [0.3, 0.4) is 0 Å². The summed E-state index contributed by atoms with van der Waals surface area (Å²) in [5, 5.41) is 3.12. The van der Waals surface area contributed by atoms with Gasteiger partial charge in [-0.2, -0.15) is 4.31 Å². The molecule has 1 saturated heterocycles. The average Bonchev–Trinajstić information content (AvgIpc) is 2.53. The second kappa shape index (κ2) is 7.14. The van der Waals surface area contributed by atoms with Gasteiger partial charge in [0.2, 0.25) is 15.9 Å². The van der Waals surface area contributed by atoms with Gasteiger partial charge in [-0.1, -0.05) is 17.5 Å². The number of halogens is 1. The molecule has 1 N–H and O–H groups in total. The third-order valence-electron chi connectivity index (χ3n) is 3.64. The van der Waals surface area contributed by atoms with Gasteiger partial charge in [0.15, 0.2) is 0 Å². The molecule has 1 fully saturated rings. The fourth-order valence-corrected chi connectivity index (χ4v) is 3.99. The molecule has 0 aromatic heterocycles. The first kappa shape index (κ1) is 16.8. The molecule has 0 atom stereocenters. The Balaban J connectivity index is 2.00. The molecular formula is C15H17ClN2O3S. The molecule has 0 bridgehead atoms. The van der Waals surface area contributed by atoms with Crippen molar-refractivity contribution in [1.82, 2.24) is 9.62 Å². The molecule has 0 radical (unpaired) electrons. The molecule has 0 spiro atoms. The summed E-state index contributed by atoms with van der Waals surface area (Å²) >= 11 is 5.78. The SMILES string of the molecule is C#CCNC(=O)C1CCN(S(=O)(=O)c2ccc(Cl)cc2)CC1. The van der Waals surface area contributed by atoms with Crippen molar-refractivity contribution < 1.29 is 13.2 Å². The Morgan fingerprint density at radius 2 is 1.91 bits per heavy atom. The number of carbonyl (C=O) groups is 1. The number of amides is 1. The number of rotatable bonds is 4. The minimum Gasteiger partial charge on any atom is -0.345 e. The number of piperidine rings is 1. The largest absolute Gasteiger partial charge is 0.345 e. The molecule has 1 aromatic carbocycles. The summed E-state index contributed by atoms with van der Waals surface area (Å²) in [4.78, 5) is 12.0. The van der Waals surface area contributed by atoms with Crippen LogP contribution in [0.15, 0.2) is 29.2 Å². The van der Waals surface area contributed by atoms with E-state index >= 15 is 0 Å². The molecule has 22 heavy (non-hydrogen) atoms. The van der Waals surface area contributed by atoms with Crippen LogP contribution < -0.4 is 5.32 Å². The standard InChI is InChI=1S/C15H17ClN2O3S/c1-2-9-17-15(19)12-7-10-18(11-8-12)22(20,21)14-5-3-13(16)4-6-14/h1,3-6,12H,7-11H2,(H,17,19). The van der Waals surface area contributed by atoms with E-state index in [1.54, 1.807) is 12.1 Å². The van der Waals surface area contributed by atoms with Gasteiger partial charge in [-0.05, 0) is 37.1 Å². The Labute approximate surface area is 135 Å². The van der Waals surface area contributed by atoms with Crippen LogP contribution in [-0.4, -0.2) is 38.3 Å². The van der Waals surface area contributed by atoms with E-state index in [-0.39, 0.29) is 23.3 Å². The molecule has 7 heteroatoms. The number of sulfonamides is 1.